The zero-order valence-corrected chi connectivity index (χ0v) is 9.87. The molecule has 100 valence electrons. The van der Waals surface area contributed by atoms with Crippen LogP contribution in [0.1, 0.15) is 24.3 Å². The van der Waals surface area contributed by atoms with Crippen molar-refractivity contribution >= 4 is 0 Å². The maximum absolute atomic E-state index is 13.4. The largest absolute Gasteiger partial charge is 0.390 e. The number of halogens is 3. The van der Waals surface area contributed by atoms with Crippen molar-refractivity contribution in [2.45, 2.75) is 30.7 Å². The van der Waals surface area contributed by atoms with Crippen molar-refractivity contribution in [3.8, 4) is 0 Å². The zero-order valence-electron chi connectivity index (χ0n) is 9.87. The Morgan fingerprint density at radius 3 is 2.56 bits per heavy atom. The highest BCUT2D eigenvalue weighted by Crippen LogP contribution is 2.38. The fourth-order valence-corrected chi connectivity index (χ4v) is 2.19. The van der Waals surface area contributed by atoms with Gasteiger partial charge in [0.1, 0.15) is 12.4 Å². The number of nitrogens with one attached hydrogen (secondary N) is 1. The van der Waals surface area contributed by atoms with Crippen LogP contribution in [0.25, 0.3) is 0 Å². The number of benzene rings is 1. The standard InChI is InChI=1S/C13H16F3NO/c14-12-4-2-1-3-11(12)9-5-10(6-9)17-7-13(15,16)8-18/h1-4,9-10,17-18H,5-8H2. The highest BCUT2D eigenvalue weighted by atomic mass is 19.3. The molecule has 0 radical (unpaired) electrons. The van der Waals surface area contributed by atoms with Crippen molar-refractivity contribution in [3.63, 3.8) is 0 Å². The van der Waals surface area contributed by atoms with Crippen molar-refractivity contribution < 1.29 is 18.3 Å². The third-order valence-electron chi connectivity index (χ3n) is 3.36. The monoisotopic (exact) mass is 259 g/mol. The molecule has 5 heteroatoms. The average Bonchev–Trinajstić information content (AvgIpc) is 2.29. The van der Waals surface area contributed by atoms with Gasteiger partial charge in [0.05, 0.1) is 6.54 Å². The third kappa shape index (κ3) is 3.03. The Morgan fingerprint density at radius 1 is 1.28 bits per heavy atom. The molecular weight excluding hydrogens is 243 g/mol. The molecule has 0 heterocycles. The van der Waals surface area contributed by atoms with Crippen LogP contribution in [0.5, 0.6) is 0 Å². The smallest absolute Gasteiger partial charge is 0.282 e. The quantitative estimate of drug-likeness (QED) is 0.850. The molecule has 2 nitrogen and oxygen atoms in total. The van der Waals surface area contributed by atoms with E-state index in [1.54, 1.807) is 18.2 Å². The SMILES string of the molecule is OCC(F)(F)CNC1CC(c2ccccc2F)C1. The van der Waals surface area contributed by atoms with Crippen molar-refractivity contribution in [2.24, 2.45) is 0 Å². The number of rotatable bonds is 5. The van der Waals surface area contributed by atoms with Crippen LogP contribution < -0.4 is 5.32 Å². The summed E-state index contributed by atoms with van der Waals surface area (Å²) in [7, 11) is 0. The first-order chi connectivity index (χ1) is 8.52. The molecule has 0 spiro atoms. The van der Waals surface area contributed by atoms with Crippen molar-refractivity contribution in [3.05, 3.63) is 35.6 Å². The molecule has 0 aliphatic heterocycles. The molecule has 0 saturated heterocycles. The molecule has 1 aromatic rings. The summed E-state index contributed by atoms with van der Waals surface area (Å²) in [6, 6.07) is 6.54. The summed E-state index contributed by atoms with van der Waals surface area (Å²) < 4.78 is 39.0. The molecular formula is C13H16F3NO. The van der Waals surface area contributed by atoms with E-state index in [1.165, 1.54) is 6.07 Å². The second kappa shape index (κ2) is 5.28. The molecule has 1 aliphatic carbocycles. The van der Waals surface area contributed by atoms with Crippen molar-refractivity contribution in [1.82, 2.24) is 5.32 Å². The predicted molar refractivity (Wildman–Crippen MR) is 62.2 cm³/mol. The van der Waals surface area contributed by atoms with Crippen LogP contribution in [0.3, 0.4) is 0 Å². The Morgan fingerprint density at radius 2 is 1.94 bits per heavy atom. The molecule has 2 rings (SSSR count). The van der Waals surface area contributed by atoms with Gasteiger partial charge in [0.25, 0.3) is 5.92 Å². The Bertz CT molecular complexity index is 405. The fraction of sp³-hybridized carbons (Fsp3) is 0.538. The fourth-order valence-electron chi connectivity index (χ4n) is 2.19. The number of hydrogen-bond donors (Lipinski definition) is 2. The molecule has 1 aliphatic rings. The molecule has 0 amide bonds. The summed E-state index contributed by atoms with van der Waals surface area (Å²) in [6.45, 7) is -1.68. The van der Waals surface area contributed by atoms with Gasteiger partial charge in [-0.15, -0.1) is 0 Å². The molecule has 1 aromatic carbocycles. The predicted octanol–water partition coefficient (Wildman–Crippen LogP) is 2.29. The van der Waals surface area contributed by atoms with Gasteiger partial charge in [0, 0.05) is 6.04 Å². The van der Waals surface area contributed by atoms with E-state index in [9.17, 15) is 13.2 Å². The van der Waals surface area contributed by atoms with Crippen LogP contribution in [0, 0.1) is 5.82 Å². The normalized spacial score (nSPS) is 23.8. The average molecular weight is 259 g/mol. The van der Waals surface area contributed by atoms with Gasteiger partial charge in [0.2, 0.25) is 0 Å². The second-order valence-corrected chi connectivity index (χ2v) is 4.78. The molecule has 1 fully saturated rings. The van der Waals surface area contributed by atoms with E-state index in [-0.39, 0.29) is 17.8 Å². The molecule has 0 unspecified atom stereocenters. The topological polar surface area (TPSA) is 32.3 Å². The number of aliphatic hydroxyl groups excluding tert-OH is 1. The lowest BCUT2D eigenvalue weighted by atomic mass is 9.75. The molecule has 1 saturated carbocycles. The Labute approximate surface area is 104 Å². The molecule has 0 bridgehead atoms. The van der Waals surface area contributed by atoms with Crippen LogP contribution in [-0.4, -0.2) is 30.2 Å². The van der Waals surface area contributed by atoms with Gasteiger partial charge in [-0.1, -0.05) is 18.2 Å². The van der Waals surface area contributed by atoms with Crippen LogP contribution in [-0.2, 0) is 0 Å². The summed E-state index contributed by atoms with van der Waals surface area (Å²) in [5.41, 5.74) is 0.657. The molecule has 0 aromatic heterocycles. The van der Waals surface area contributed by atoms with Gasteiger partial charge in [-0.2, -0.15) is 0 Å². The second-order valence-electron chi connectivity index (χ2n) is 4.78. The van der Waals surface area contributed by atoms with Crippen LogP contribution in [0.4, 0.5) is 13.2 Å². The summed E-state index contributed by atoms with van der Waals surface area (Å²) in [5.74, 6) is -3.21. The Kier molecular flexibility index (Phi) is 3.92. The van der Waals surface area contributed by atoms with E-state index in [0.717, 1.165) is 0 Å². The van der Waals surface area contributed by atoms with E-state index in [2.05, 4.69) is 5.32 Å². The van der Waals surface area contributed by atoms with Crippen LogP contribution >= 0.6 is 0 Å². The lowest BCUT2D eigenvalue weighted by molar-refractivity contribution is -0.0513. The Balaban J connectivity index is 1.79. The van der Waals surface area contributed by atoms with E-state index in [4.69, 9.17) is 5.11 Å². The Hall–Kier alpha value is -1.07. The summed E-state index contributed by atoms with van der Waals surface area (Å²) in [5, 5.41) is 11.1. The number of hydrogen-bond acceptors (Lipinski definition) is 2. The van der Waals surface area contributed by atoms with Crippen molar-refractivity contribution in [1.29, 1.82) is 0 Å². The third-order valence-corrected chi connectivity index (χ3v) is 3.36. The lowest BCUT2D eigenvalue weighted by Crippen LogP contribution is -2.46. The molecule has 2 N–H and O–H groups in total. The molecule has 0 atom stereocenters. The maximum atomic E-state index is 13.4. The summed E-state index contributed by atoms with van der Waals surface area (Å²) in [4.78, 5) is 0. The van der Waals surface area contributed by atoms with E-state index < -0.39 is 19.1 Å². The van der Waals surface area contributed by atoms with Crippen molar-refractivity contribution in [2.75, 3.05) is 13.2 Å². The van der Waals surface area contributed by atoms with E-state index in [0.29, 0.717) is 18.4 Å². The molecule has 18 heavy (non-hydrogen) atoms. The first-order valence-corrected chi connectivity index (χ1v) is 5.98. The first-order valence-electron chi connectivity index (χ1n) is 5.98. The van der Waals surface area contributed by atoms with Gasteiger partial charge >= 0.3 is 0 Å². The van der Waals surface area contributed by atoms with Gasteiger partial charge in [-0.05, 0) is 30.4 Å². The van der Waals surface area contributed by atoms with Gasteiger partial charge < -0.3 is 10.4 Å². The highest BCUT2D eigenvalue weighted by molar-refractivity contribution is 5.24. The van der Waals surface area contributed by atoms with Crippen LogP contribution in [0.2, 0.25) is 0 Å². The number of alkyl halides is 2. The first kappa shape index (κ1) is 13.4. The minimum absolute atomic E-state index is 0.0213. The lowest BCUT2D eigenvalue weighted by Gasteiger charge is -2.37. The zero-order chi connectivity index (χ0) is 13.2. The van der Waals surface area contributed by atoms with E-state index in [1.807, 2.05) is 0 Å². The van der Waals surface area contributed by atoms with E-state index >= 15 is 0 Å². The van der Waals surface area contributed by atoms with Gasteiger partial charge in [-0.25, -0.2) is 13.2 Å². The summed E-state index contributed by atoms with van der Waals surface area (Å²) >= 11 is 0. The minimum atomic E-state index is -3.08. The number of aliphatic hydroxyl groups is 1. The summed E-state index contributed by atoms with van der Waals surface area (Å²) in [6.07, 6.45) is 1.31. The van der Waals surface area contributed by atoms with Gasteiger partial charge in [0.15, 0.2) is 0 Å². The minimum Gasteiger partial charge on any atom is -0.390 e. The maximum Gasteiger partial charge on any atom is 0.282 e. The van der Waals surface area contributed by atoms with Gasteiger partial charge in [-0.3, -0.25) is 0 Å². The highest BCUT2D eigenvalue weighted by Gasteiger charge is 2.35. The van der Waals surface area contributed by atoms with Crippen LogP contribution in [0.15, 0.2) is 24.3 Å².